The number of fused-ring (bicyclic) bond motifs is 1. The molecule has 2 heterocycles. The molecule has 5 nitrogen and oxygen atoms in total. The average Bonchev–Trinajstić information content (AvgIpc) is 2.80. The van der Waals surface area contributed by atoms with Crippen molar-refractivity contribution < 1.29 is 5.11 Å². The minimum absolute atomic E-state index is 0.0301. The van der Waals surface area contributed by atoms with Crippen LogP contribution in [-0.2, 0) is 6.54 Å². The van der Waals surface area contributed by atoms with Crippen molar-refractivity contribution in [1.29, 1.82) is 0 Å². The van der Waals surface area contributed by atoms with E-state index >= 15 is 0 Å². The zero-order valence-electron chi connectivity index (χ0n) is 15.0. The number of rotatable bonds is 4. The zero-order chi connectivity index (χ0) is 17.5. The third-order valence-corrected chi connectivity index (χ3v) is 4.79. The first-order valence-electron chi connectivity index (χ1n) is 8.48. The normalized spacial score (nSPS) is 21.9. The van der Waals surface area contributed by atoms with E-state index in [0.29, 0.717) is 19.6 Å². The summed E-state index contributed by atoms with van der Waals surface area (Å²) in [5.41, 5.74) is 3.26. The van der Waals surface area contributed by atoms with Crippen molar-refractivity contribution >= 4 is 10.9 Å². The molecule has 0 aliphatic carbocycles. The van der Waals surface area contributed by atoms with Gasteiger partial charge in [0.05, 0.1) is 11.1 Å². The molecule has 0 spiro atoms. The minimum atomic E-state index is -0.680. The number of benzene rings is 1. The highest BCUT2D eigenvalue weighted by Crippen LogP contribution is 2.24. The Hall–Kier alpha value is -1.69. The summed E-state index contributed by atoms with van der Waals surface area (Å²) in [5.74, 6) is 0. The third-order valence-electron chi connectivity index (χ3n) is 4.79. The standard InChI is InChI=1S/C19H27N3O2/c1-13-7-14(2)17-15(8-13)9-16(18(23)20-17)10-22-6-5-19(24,12-22)11-21(3)4/h7-9,24H,5-6,10-12H2,1-4H3,(H,20,23)/t19-/m1/s1. The van der Waals surface area contributed by atoms with Gasteiger partial charge in [-0.3, -0.25) is 9.69 Å². The van der Waals surface area contributed by atoms with Crippen LogP contribution in [0.4, 0.5) is 0 Å². The second-order valence-corrected chi connectivity index (χ2v) is 7.59. The summed E-state index contributed by atoms with van der Waals surface area (Å²) in [7, 11) is 3.94. The van der Waals surface area contributed by atoms with Crippen molar-refractivity contribution in [3.8, 4) is 0 Å². The molecule has 0 bridgehead atoms. The molecule has 0 amide bonds. The van der Waals surface area contributed by atoms with E-state index in [1.54, 1.807) is 0 Å². The number of likely N-dealkylation sites (N-methyl/N-ethyl adjacent to an activating group) is 1. The van der Waals surface area contributed by atoms with Gasteiger partial charge in [-0.15, -0.1) is 0 Å². The number of aryl methyl sites for hydroxylation is 2. The van der Waals surface area contributed by atoms with Crippen LogP contribution in [0, 0.1) is 13.8 Å². The van der Waals surface area contributed by atoms with Crippen LogP contribution in [0.2, 0.25) is 0 Å². The van der Waals surface area contributed by atoms with Crippen molar-refractivity contribution in [2.45, 2.75) is 32.4 Å². The number of nitrogens with one attached hydrogen (secondary N) is 1. The van der Waals surface area contributed by atoms with E-state index < -0.39 is 5.60 Å². The molecule has 1 saturated heterocycles. The summed E-state index contributed by atoms with van der Waals surface area (Å²) in [6.07, 6.45) is 0.745. The van der Waals surface area contributed by atoms with Gasteiger partial charge < -0.3 is 15.0 Å². The van der Waals surface area contributed by atoms with Gasteiger partial charge in [-0.1, -0.05) is 11.6 Å². The molecule has 130 valence electrons. The Kier molecular flexibility index (Phi) is 4.51. The van der Waals surface area contributed by atoms with Gasteiger partial charge >= 0.3 is 0 Å². The first-order valence-corrected chi connectivity index (χ1v) is 8.48. The largest absolute Gasteiger partial charge is 0.387 e. The number of H-pyrrole nitrogens is 1. The molecule has 1 aliphatic heterocycles. The van der Waals surface area contributed by atoms with Crippen LogP contribution in [0.1, 0.15) is 23.1 Å². The molecule has 2 aromatic rings. The van der Waals surface area contributed by atoms with E-state index in [1.165, 1.54) is 5.56 Å². The maximum Gasteiger partial charge on any atom is 0.252 e. The molecule has 1 aromatic heterocycles. The van der Waals surface area contributed by atoms with E-state index in [2.05, 4.69) is 28.9 Å². The van der Waals surface area contributed by atoms with Crippen molar-refractivity contribution in [3.05, 3.63) is 45.2 Å². The molecular formula is C19H27N3O2. The van der Waals surface area contributed by atoms with Crippen LogP contribution in [0.3, 0.4) is 0 Å². The van der Waals surface area contributed by atoms with E-state index in [4.69, 9.17) is 0 Å². The van der Waals surface area contributed by atoms with Crippen LogP contribution in [-0.4, -0.2) is 59.2 Å². The molecule has 0 saturated carbocycles. The number of nitrogens with zero attached hydrogens (tertiary/aromatic N) is 2. The van der Waals surface area contributed by atoms with E-state index in [0.717, 1.165) is 35.0 Å². The predicted octanol–water partition coefficient (Wildman–Crippen LogP) is 1.64. The first-order chi connectivity index (χ1) is 11.3. The quantitative estimate of drug-likeness (QED) is 0.895. The molecule has 0 unspecified atom stereocenters. The number of hydrogen-bond donors (Lipinski definition) is 2. The Morgan fingerprint density at radius 1 is 1.29 bits per heavy atom. The van der Waals surface area contributed by atoms with E-state index in [9.17, 15) is 9.90 Å². The van der Waals surface area contributed by atoms with Gasteiger partial charge in [-0.25, -0.2) is 0 Å². The molecule has 2 N–H and O–H groups in total. The Balaban J connectivity index is 1.83. The maximum atomic E-state index is 12.4. The Morgan fingerprint density at radius 2 is 2.04 bits per heavy atom. The van der Waals surface area contributed by atoms with E-state index in [1.807, 2.05) is 32.0 Å². The second kappa shape index (κ2) is 6.31. The fraction of sp³-hybridized carbons (Fsp3) is 0.526. The first kappa shape index (κ1) is 17.1. The summed E-state index contributed by atoms with van der Waals surface area (Å²) in [6, 6.07) is 6.19. The van der Waals surface area contributed by atoms with Gasteiger partial charge in [0.2, 0.25) is 0 Å². The van der Waals surface area contributed by atoms with Crippen molar-refractivity contribution in [1.82, 2.24) is 14.8 Å². The lowest BCUT2D eigenvalue weighted by Crippen LogP contribution is -2.42. The van der Waals surface area contributed by atoms with Crippen LogP contribution < -0.4 is 5.56 Å². The topological polar surface area (TPSA) is 59.6 Å². The fourth-order valence-corrected chi connectivity index (χ4v) is 3.88. The molecule has 1 aliphatic rings. The molecule has 3 rings (SSSR count). The monoisotopic (exact) mass is 329 g/mol. The number of aromatic nitrogens is 1. The summed E-state index contributed by atoms with van der Waals surface area (Å²) >= 11 is 0. The predicted molar refractivity (Wildman–Crippen MR) is 97.4 cm³/mol. The Morgan fingerprint density at radius 3 is 2.75 bits per heavy atom. The highest BCUT2D eigenvalue weighted by Gasteiger charge is 2.36. The summed E-state index contributed by atoms with van der Waals surface area (Å²) in [4.78, 5) is 19.7. The molecular weight excluding hydrogens is 302 g/mol. The minimum Gasteiger partial charge on any atom is -0.387 e. The average molecular weight is 329 g/mol. The smallest absolute Gasteiger partial charge is 0.252 e. The van der Waals surface area contributed by atoms with Gasteiger partial charge in [-0.05, 0) is 57.4 Å². The summed E-state index contributed by atoms with van der Waals surface area (Å²) in [5, 5.41) is 11.7. The zero-order valence-corrected chi connectivity index (χ0v) is 15.0. The van der Waals surface area contributed by atoms with Gasteiger partial charge in [0, 0.05) is 31.7 Å². The Bertz CT molecular complexity index is 812. The van der Waals surface area contributed by atoms with Crippen LogP contribution in [0.15, 0.2) is 23.0 Å². The number of aromatic amines is 1. The SMILES string of the molecule is Cc1cc(C)c2[nH]c(=O)c(CN3CC[C@@](O)(CN(C)C)C3)cc2c1. The Labute approximate surface area is 142 Å². The third kappa shape index (κ3) is 3.53. The lowest BCUT2D eigenvalue weighted by molar-refractivity contribution is 0.0240. The summed E-state index contributed by atoms with van der Waals surface area (Å²) in [6.45, 7) is 6.74. The lowest BCUT2D eigenvalue weighted by atomic mass is 10.0. The van der Waals surface area contributed by atoms with Crippen LogP contribution in [0.5, 0.6) is 0 Å². The number of pyridine rings is 1. The highest BCUT2D eigenvalue weighted by molar-refractivity contribution is 5.82. The van der Waals surface area contributed by atoms with Gasteiger partial charge in [0.25, 0.3) is 5.56 Å². The van der Waals surface area contributed by atoms with Crippen LogP contribution >= 0.6 is 0 Å². The molecule has 0 radical (unpaired) electrons. The van der Waals surface area contributed by atoms with Gasteiger partial charge in [0.15, 0.2) is 0 Å². The number of β-amino-alcohol motifs (C(OH)–C–C–N with tert-alkyl or cyclic N) is 1. The van der Waals surface area contributed by atoms with Gasteiger partial charge in [0.1, 0.15) is 0 Å². The van der Waals surface area contributed by atoms with Crippen LogP contribution in [0.25, 0.3) is 10.9 Å². The van der Waals surface area contributed by atoms with Gasteiger partial charge in [-0.2, -0.15) is 0 Å². The molecule has 5 heteroatoms. The summed E-state index contributed by atoms with van der Waals surface area (Å²) < 4.78 is 0. The van der Waals surface area contributed by atoms with Crippen molar-refractivity contribution in [2.75, 3.05) is 33.7 Å². The molecule has 24 heavy (non-hydrogen) atoms. The number of aliphatic hydroxyl groups is 1. The second-order valence-electron chi connectivity index (χ2n) is 7.59. The van der Waals surface area contributed by atoms with Crippen molar-refractivity contribution in [3.63, 3.8) is 0 Å². The highest BCUT2D eigenvalue weighted by atomic mass is 16.3. The number of likely N-dealkylation sites (tertiary alicyclic amines) is 1. The molecule has 1 fully saturated rings. The number of hydrogen-bond acceptors (Lipinski definition) is 4. The lowest BCUT2D eigenvalue weighted by Gasteiger charge is -2.26. The fourth-order valence-electron chi connectivity index (χ4n) is 3.88. The molecule has 1 atom stereocenters. The maximum absolute atomic E-state index is 12.4. The van der Waals surface area contributed by atoms with E-state index in [-0.39, 0.29) is 5.56 Å². The van der Waals surface area contributed by atoms with Crippen molar-refractivity contribution in [2.24, 2.45) is 0 Å². The molecule has 1 aromatic carbocycles.